The van der Waals surface area contributed by atoms with Gasteiger partial charge < -0.3 is 15.8 Å². The predicted molar refractivity (Wildman–Crippen MR) is 127 cm³/mol. The highest BCUT2D eigenvalue weighted by atomic mass is 32.2. The van der Waals surface area contributed by atoms with Gasteiger partial charge in [-0.3, -0.25) is 13.8 Å². The lowest BCUT2D eigenvalue weighted by molar-refractivity contribution is -0.154. The molecule has 3 N–H and O–H groups in total. The van der Waals surface area contributed by atoms with Gasteiger partial charge in [0, 0.05) is 36.9 Å². The van der Waals surface area contributed by atoms with E-state index < -0.39 is 16.4 Å². The number of carbonyl (C=O) groups excluding carboxylic acids is 2. The van der Waals surface area contributed by atoms with Crippen LogP contribution in [0.3, 0.4) is 0 Å². The Bertz CT molecular complexity index is 1170. The number of anilines is 1. The number of rotatable bonds is 9. The lowest BCUT2D eigenvalue weighted by Crippen LogP contribution is -2.31. The van der Waals surface area contributed by atoms with Crippen molar-refractivity contribution in [2.45, 2.75) is 50.3 Å². The largest absolute Gasteiger partial charge is 0.460 e. The molecule has 0 aliphatic heterocycles. The predicted octanol–water partition coefficient (Wildman–Crippen LogP) is 2.56. The number of nitrogens with one attached hydrogen (secondary N) is 1. The molecule has 0 amide bonds. The molecule has 1 unspecified atom stereocenters. The fraction of sp³-hybridized carbons (Fsp3) is 0.391. The SMILES string of the molecule is CS(=O)c1cc(N[C@H](CN)CCC(=O)OC(C)(C)C)nc2c(C(=O)c3ccccc3)cnn12. The summed E-state index contributed by atoms with van der Waals surface area (Å²) in [6.45, 7) is 5.69. The van der Waals surface area contributed by atoms with E-state index in [-0.39, 0.29) is 30.8 Å². The summed E-state index contributed by atoms with van der Waals surface area (Å²) < 4.78 is 19.2. The highest BCUT2D eigenvalue weighted by molar-refractivity contribution is 7.84. The molecule has 2 heterocycles. The van der Waals surface area contributed by atoms with Crippen molar-refractivity contribution in [3.63, 3.8) is 0 Å². The minimum absolute atomic E-state index is 0.186. The Morgan fingerprint density at radius 1 is 1.24 bits per heavy atom. The van der Waals surface area contributed by atoms with Crippen LogP contribution in [0.15, 0.2) is 47.6 Å². The second-order valence-corrected chi connectivity index (χ2v) is 9.95. The third-order valence-electron chi connectivity index (χ3n) is 4.77. The van der Waals surface area contributed by atoms with Gasteiger partial charge in [-0.05, 0) is 27.2 Å². The first-order chi connectivity index (χ1) is 15.6. The number of esters is 1. The molecule has 1 aromatic carbocycles. The maximum atomic E-state index is 13.0. The van der Waals surface area contributed by atoms with Gasteiger partial charge in [0.15, 0.2) is 11.4 Å². The lowest BCUT2D eigenvalue weighted by Gasteiger charge is -2.21. The van der Waals surface area contributed by atoms with Crippen LogP contribution in [0.2, 0.25) is 0 Å². The van der Waals surface area contributed by atoms with E-state index in [1.165, 1.54) is 17.0 Å². The zero-order valence-electron chi connectivity index (χ0n) is 19.2. The zero-order chi connectivity index (χ0) is 24.2. The number of nitrogens with two attached hydrogens (primary N) is 1. The summed E-state index contributed by atoms with van der Waals surface area (Å²) in [7, 11) is -1.39. The van der Waals surface area contributed by atoms with Crippen molar-refractivity contribution in [1.29, 1.82) is 0 Å². The summed E-state index contributed by atoms with van der Waals surface area (Å²) in [6, 6.07) is 10.2. The molecule has 0 spiro atoms. The topological polar surface area (TPSA) is 129 Å². The Labute approximate surface area is 195 Å². The Hall–Kier alpha value is -3.11. The fourth-order valence-corrected chi connectivity index (χ4v) is 3.92. The van der Waals surface area contributed by atoms with E-state index in [2.05, 4.69) is 15.4 Å². The number of ether oxygens (including phenoxy) is 1. The van der Waals surface area contributed by atoms with Gasteiger partial charge in [-0.1, -0.05) is 30.3 Å². The van der Waals surface area contributed by atoms with Crippen molar-refractivity contribution >= 4 is 34.0 Å². The number of benzene rings is 1. The monoisotopic (exact) mass is 471 g/mol. The van der Waals surface area contributed by atoms with E-state index in [1.807, 2.05) is 26.8 Å². The first-order valence-electron chi connectivity index (χ1n) is 10.6. The molecule has 0 bridgehead atoms. The Morgan fingerprint density at radius 3 is 2.55 bits per heavy atom. The average Bonchev–Trinajstić information content (AvgIpc) is 3.18. The van der Waals surface area contributed by atoms with Gasteiger partial charge in [0.25, 0.3) is 0 Å². The van der Waals surface area contributed by atoms with Crippen LogP contribution in [0.25, 0.3) is 5.65 Å². The molecular weight excluding hydrogens is 442 g/mol. The second-order valence-electron chi connectivity index (χ2n) is 8.62. The van der Waals surface area contributed by atoms with Crippen molar-refractivity contribution in [2.24, 2.45) is 5.73 Å². The summed E-state index contributed by atoms with van der Waals surface area (Å²) >= 11 is 0. The van der Waals surface area contributed by atoms with Gasteiger partial charge in [0.1, 0.15) is 16.4 Å². The molecule has 0 aliphatic rings. The van der Waals surface area contributed by atoms with E-state index in [0.717, 1.165) is 0 Å². The average molecular weight is 472 g/mol. The molecule has 0 saturated carbocycles. The molecule has 9 nitrogen and oxygen atoms in total. The van der Waals surface area contributed by atoms with Crippen molar-refractivity contribution in [3.8, 4) is 0 Å². The van der Waals surface area contributed by atoms with Crippen LogP contribution in [-0.2, 0) is 20.3 Å². The lowest BCUT2D eigenvalue weighted by atomic mass is 10.1. The smallest absolute Gasteiger partial charge is 0.306 e. The maximum Gasteiger partial charge on any atom is 0.306 e. The summed E-state index contributed by atoms with van der Waals surface area (Å²) in [4.78, 5) is 29.7. The Balaban J connectivity index is 1.88. The molecule has 3 aromatic rings. The van der Waals surface area contributed by atoms with E-state index in [9.17, 15) is 13.8 Å². The minimum atomic E-state index is -1.39. The molecule has 10 heteroatoms. The maximum absolute atomic E-state index is 13.0. The van der Waals surface area contributed by atoms with Gasteiger partial charge in [-0.25, -0.2) is 9.50 Å². The van der Waals surface area contributed by atoms with Crippen molar-refractivity contribution in [3.05, 3.63) is 53.7 Å². The van der Waals surface area contributed by atoms with Gasteiger partial charge in [-0.2, -0.15) is 5.10 Å². The standard InChI is InChI=1S/C23H29N5O4S/c1-23(2,3)32-20(29)11-10-16(13-24)26-18-12-19(33(4)31)28-22(27-18)17(14-25-28)21(30)15-8-6-5-7-9-15/h5-9,12,14,16H,10-11,13,24H2,1-4H3,(H,26,27)/t16-,33?/m0/s1. The molecule has 176 valence electrons. The number of aromatic nitrogens is 3. The fourth-order valence-electron chi connectivity index (χ4n) is 3.26. The Kier molecular flexibility index (Phi) is 7.60. The highest BCUT2D eigenvalue weighted by Gasteiger charge is 2.21. The van der Waals surface area contributed by atoms with Crippen LogP contribution < -0.4 is 11.1 Å². The van der Waals surface area contributed by atoms with Crippen LogP contribution in [-0.4, -0.2) is 55.0 Å². The molecule has 0 aliphatic carbocycles. The number of hydrogen-bond donors (Lipinski definition) is 2. The molecule has 0 radical (unpaired) electrons. The molecule has 0 saturated heterocycles. The van der Waals surface area contributed by atoms with Crippen LogP contribution in [0.4, 0.5) is 5.82 Å². The van der Waals surface area contributed by atoms with Crippen LogP contribution in [0.5, 0.6) is 0 Å². The number of ketones is 1. The highest BCUT2D eigenvalue weighted by Crippen LogP contribution is 2.21. The number of carbonyl (C=O) groups is 2. The third kappa shape index (κ3) is 6.23. The molecule has 2 atom stereocenters. The molecular formula is C23H29N5O4S. The molecule has 2 aromatic heterocycles. The summed E-state index contributed by atoms with van der Waals surface area (Å²) in [5.74, 6) is -0.147. The summed E-state index contributed by atoms with van der Waals surface area (Å²) in [5, 5.41) is 7.83. The molecule has 0 fully saturated rings. The summed E-state index contributed by atoms with van der Waals surface area (Å²) in [5.41, 5.74) is 6.45. The van der Waals surface area contributed by atoms with Gasteiger partial charge >= 0.3 is 5.97 Å². The van der Waals surface area contributed by atoms with E-state index >= 15 is 0 Å². The molecule has 33 heavy (non-hydrogen) atoms. The van der Waals surface area contributed by atoms with Gasteiger partial charge in [0.2, 0.25) is 0 Å². The first kappa shape index (κ1) is 24.5. The van der Waals surface area contributed by atoms with Gasteiger partial charge in [0.05, 0.1) is 22.6 Å². The van der Waals surface area contributed by atoms with E-state index in [1.54, 1.807) is 30.3 Å². The van der Waals surface area contributed by atoms with Crippen LogP contribution in [0.1, 0.15) is 49.5 Å². The zero-order valence-corrected chi connectivity index (χ0v) is 20.0. The minimum Gasteiger partial charge on any atom is -0.460 e. The van der Waals surface area contributed by atoms with Crippen molar-refractivity contribution in [1.82, 2.24) is 14.6 Å². The summed E-state index contributed by atoms with van der Waals surface area (Å²) in [6.07, 6.45) is 3.58. The normalized spacial score (nSPS) is 13.5. The quantitative estimate of drug-likeness (QED) is 0.277. The van der Waals surface area contributed by atoms with Gasteiger partial charge in [-0.15, -0.1) is 0 Å². The van der Waals surface area contributed by atoms with Crippen LogP contribution >= 0.6 is 0 Å². The van der Waals surface area contributed by atoms with Crippen molar-refractivity contribution in [2.75, 3.05) is 18.1 Å². The van der Waals surface area contributed by atoms with Crippen LogP contribution in [0, 0.1) is 0 Å². The third-order valence-corrected chi connectivity index (χ3v) is 5.65. The number of hydrogen-bond acceptors (Lipinski definition) is 8. The number of fused-ring (bicyclic) bond motifs is 1. The first-order valence-corrected chi connectivity index (χ1v) is 12.1. The second kappa shape index (κ2) is 10.2. The van der Waals surface area contributed by atoms with E-state index in [0.29, 0.717) is 34.0 Å². The number of nitrogens with zero attached hydrogens (tertiary/aromatic N) is 3. The Morgan fingerprint density at radius 2 is 1.94 bits per heavy atom. The molecule has 3 rings (SSSR count). The van der Waals surface area contributed by atoms with Crippen molar-refractivity contribution < 1.29 is 18.5 Å². The van der Waals surface area contributed by atoms with E-state index in [4.69, 9.17) is 10.5 Å².